The second kappa shape index (κ2) is 7.32. The fourth-order valence-corrected chi connectivity index (χ4v) is 3.12. The topological polar surface area (TPSA) is 85.4 Å². The van der Waals surface area contributed by atoms with Gasteiger partial charge in [0.05, 0.1) is 22.8 Å². The van der Waals surface area contributed by atoms with Gasteiger partial charge in [-0.25, -0.2) is 4.98 Å². The fourth-order valence-electron chi connectivity index (χ4n) is 2.89. The molecule has 2 aromatic carbocycles. The van der Waals surface area contributed by atoms with Gasteiger partial charge >= 0.3 is 0 Å². The van der Waals surface area contributed by atoms with Gasteiger partial charge in [0.2, 0.25) is 0 Å². The maximum absolute atomic E-state index is 10.8. The Kier molecular flexibility index (Phi) is 5.11. The van der Waals surface area contributed by atoms with Gasteiger partial charge in [-0.1, -0.05) is 23.7 Å². The number of aryl methyl sites for hydroxylation is 2. The molecule has 0 unspecified atom stereocenters. The number of aromatic nitrogens is 1. The number of nitrogens with two attached hydrogens (primary N) is 1. The average Bonchev–Trinajstić information content (AvgIpc) is 2.61. The highest BCUT2D eigenvalue weighted by atomic mass is 35.5. The number of hydrogen-bond donors (Lipinski definition) is 2. The van der Waals surface area contributed by atoms with Crippen LogP contribution in [0, 0.1) is 13.8 Å². The Morgan fingerprint density at radius 1 is 1.23 bits per heavy atom. The number of carbonyl (C=O) groups excluding carboxylic acids is 1. The number of nitrogens with zero attached hydrogens (tertiary/aromatic N) is 1. The van der Waals surface area contributed by atoms with Crippen LogP contribution < -0.4 is 10.5 Å². The number of hydrogen-bond acceptors (Lipinski definition) is 4. The largest absolute Gasteiger partial charge is 0.482 e. The number of carbonyl (C=O) groups is 1. The van der Waals surface area contributed by atoms with Crippen LogP contribution in [0.2, 0.25) is 5.02 Å². The summed E-state index contributed by atoms with van der Waals surface area (Å²) in [4.78, 5) is 15.6. The van der Waals surface area contributed by atoms with Crippen molar-refractivity contribution in [1.82, 2.24) is 4.98 Å². The third kappa shape index (κ3) is 3.49. The van der Waals surface area contributed by atoms with Crippen molar-refractivity contribution in [3.8, 4) is 17.0 Å². The van der Waals surface area contributed by atoms with Gasteiger partial charge in [0, 0.05) is 10.9 Å². The molecule has 0 saturated heterocycles. The Hall–Kier alpha value is -2.63. The first-order valence-electron chi connectivity index (χ1n) is 8.12. The van der Waals surface area contributed by atoms with Crippen molar-refractivity contribution in [2.24, 2.45) is 5.73 Å². The summed E-state index contributed by atoms with van der Waals surface area (Å²) < 4.78 is 5.28. The molecule has 1 amide bonds. The van der Waals surface area contributed by atoms with Gasteiger partial charge in [0.1, 0.15) is 5.75 Å². The number of pyridine rings is 1. The van der Waals surface area contributed by atoms with Crippen LogP contribution in [0.15, 0.2) is 36.4 Å². The minimum absolute atomic E-state index is 0.0234. The summed E-state index contributed by atoms with van der Waals surface area (Å²) >= 11 is 6.26. The maximum Gasteiger partial charge on any atom is 0.255 e. The molecule has 5 nitrogen and oxygen atoms in total. The van der Waals surface area contributed by atoms with E-state index in [1.807, 2.05) is 38.1 Å². The minimum Gasteiger partial charge on any atom is -0.482 e. The molecule has 6 heteroatoms. The van der Waals surface area contributed by atoms with Crippen LogP contribution in [-0.4, -0.2) is 22.6 Å². The molecule has 1 heterocycles. The number of primary amides is 1. The smallest absolute Gasteiger partial charge is 0.255 e. The Morgan fingerprint density at radius 2 is 2.00 bits per heavy atom. The molecule has 0 saturated carbocycles. The number of halogens is 1. The molecule has 0 spiro atoms. The molecule has 3 aromatic rings. The predicted octanol–water partition coefficient (Wildman–Crippen LogP) is 3.53. The first-order valence-corrected chi connectivity index (χ1v) is 8.50. The van der Waals surface area contributed by atoms with Crippen molar-refractivity contribution in [2.45, 2.75) is 20.5 Å². The van der Waals surface area contributed by atoms with Gasteiger partial charge in [-0.15, -0.1) is 0 Å². The molecule has 0 fully saturated rings. The Bertz CT molecular complexity index is 1000. The quantitative estimate of drug-likeness (QED) is 0.719. The number of aliphatic hydroxyl groups excluding tert-OH is 1. The molecule has 0 aliphatic carbocycles. The van der Waals surface area contributed by atoms with Gasteiger partial charge < -0.3 is 15.6 Å². The highest BCUT2D eigenvalue weighted by Gasteiger charge is 2.12. The molecular weight excluding hydrogens is 352 g/mol. The summed E-state index contributed by atoms with van der Waals surface area (Å²) in [6.07, 6.45) is 0. The molecule has 0 aliphatic heterocycles. The van der Waals surface area contributed by atoms with Crippen molar-refractivity contribution in [1.29, 1.82) is 0 Å². The zero-order valence-corrected chi connectivity index (χ0v) is 15.3. The van der Waals surface area contributed by atoms with E-state index >= 15 is 0 Å². The van der Waals surface area contributed by atoms with Crippen LogP contribution in [0.5, 0.6) is 5.75 Å². The zero-order valence-electron chi connectivity index (χ0n) is 14.5. The summed E-state index contributed by atoms with van der Waals surface area (Å²) in [5.41, 5.74) is 10.5. The number of ether oxygens (including phenoxy) is 1. The highest BCUT2D eigenvalue weighted by Crippen LogP contribution is 2.32. The second-order valence-corrected chi connectivity index (χ2v) is 6.54. The average molecular weight is 371 g/mol. The first-order chi connectivity index (χ1) is 12.4. The molecule has 26 heavy (non-hydrogen) atoms. The van der Waals surface area contributed by atoms with Gasteiger partial charge in [-0.2, -0.15) is 0 Å². The van der Waals surface area contributed by atoms with E-state index < -0.39 is 5.91 Å². The molecule has 0 bridgehead atoms. The van der Waals surface area contributed by atoms with Crippen LogP contribution in [0.1, 0.15) is 16.7 Å². The van der Waals surface area contributed by atoms with Crippen LogP contribution in [-0.2, 0) is 11.4 Å². The SMILES string of the molecule is Cc1cc(-c2ccc(OCC(N)=O)c(Cl)c2)nc2c(C)c(CO)ccc12. The van der Waals surface area contributed by atoms with Crippen molar-refractivity contribution in [3.63, 3.8) is 0 Å². The van der Waals surface area contributed by atoms with Gasteiger partial charge in [0.15, 0.2) is 6.61 Å². The van der Waals surface area contributed by atoms with Gasteiger partial charge in [-0.05, 0) is 54.8 Å². The van der Waals surface area contributed by atoms with E-state index in [-0.39, 0.29) is 13.2 Å². The lowest BCUT2D eigenvalue weighted by atomic mass is 9.99. The standard InChI is InChI=1S/C20H19ClN2O3/c1-11-7-17(23-20-12(2)14(9-24)3-5-15(11)20)13-4-6-18(16(21)8-13)26-10-19(22)25/h3-8,24H,9-10H2,1-2H3,(H2,22,25). The number of benzene rings is 2. The molecular formula is C20H19ClN2O3. The van der Waals surface area contributed by atoms with Crippen LogP contribution in [0.4, 0.5) is 0 Å². The van der Waals surface area contributed by atoms with E-state index in [9.17, 15) is 9.90 Å². The van der Waals surface area contributed by atoms with E-state index in [1.54, 1.807) is 12.1 Å². The lowest BCUT2D eigenvalue weighted by Crippen LogP contribution is -2.20. The van der Waals surface area contributed by atoms with E-state index in [0.717, 1.165) is 38.9 Å². The normalized spacial score (nSPS) is 10.9. The molecule has 0 atom stereocenters. The summed E-state index contributed by atoms with van der Waals surface area (Å²) in [6, 6.07) is 11.2. The lowest BCUT2D eigenvalue weighted by Gasteiger charge is -2.12. The highest BCUT2D eigenvalue weighted by molar-refractivity contribution is 6.32. The maximum atomic E-state index is 10.8. The number of amides is 1. The van der Waals surface area contributed by atoms with E-state index in [2.05, 4.69) is 0 Å². The fraction of sp³-hybridized carbons (Fsp3) is 0.200. The number of aliphatic hydroxyl groups is 1. The monoisotopic (exact) mass is 370 g/mol. The van der Waals surface area contributed by atoms with Crippen molar-refractivity contribution in [2.75, 3.05) is 6.61 Å². The summed E-state index contributed by atoms with van der Waals surface area (Å²) in [5, 5.41) is 10.9. The number of fused-ring (bicyclic) bond motifs is 1. The van der Waals surface area contributed by atoms with Crippen LogP contribution >= 0.6 is 11.6 Å². The van der Waals surface area contributed by atoms with Crippen molar-refractivity contribution >= 4 is 28.4 Å². The Balaban J connectivity index is 2.06. The van der Waals surface area contributed by atoms with Crippen molar-refractivity contribution < 1.29 is 14.6 Å². The summed E-state index contributed by atoms with van der Waals surface area (Å²) in [7, 11) is 0. The summed E-state index contributed by atoms with van der Waals surface area (Å²) in [6.45, 7) is 3.73. The van der Waals surface area contributed by atoms with Crippen LogP contribution in [0.25, 0.3) is 22.2 Å². The first kappa shape index (κ1) is 18.2. The molecule has 134 valence electrons. The summed E-state index contributed by atoms with van der Waals surface area (Å²) in [5.74, 6) is -0.169. The van der Waals surface area contributed by atoms with Gasteiger partial charge in [0.25, 0.3) is 5.91 Å². The molecule has 3 rings (SSSR count). The van der Waals surface area contributed by atoms with Crippen molar-refractivity contribution in [3.05, 3.63) is 58.1 Å². The van der Waals surface area contributed by atoms with E-state index in [4.69, 9.17) is 27.1 Å². The molecule has 0 radical (unpaired) electrons. The van der Waals surface area contributed by atoms with E-state index in [0.29, 0.717) is 10.8 Å². The predicted molar refractivity (Wildman–Crippen MR) is 102 cm³/mol. The lowest BCUT2D eigenvalue weighted by molar-refractivity contribution is -0.119. The third-order valence-electron chi connectivity index (χ3n) is 4.32. The molecule has 0 aliphatic rings. The van der Waals surface area contributed by atoms with Gasteiger partial charge in [-0.3, -0.25) is 4.79 Å². The van der Waals surface area contributed by atoms with E-state index in [1.165, 1.54) is 0 Å². The molecule has 1 aromatic heterocycles. The molecule has 3 N–H and O–H groups in total. The third-order valence-corrected chi connectivity index (χ3v) is 4.62. The zero-order chi connectivity index (χ0) is 18.8. The number of rotatable bonds is 5. The second-order valence-electron chi connectivity index (χ2n) is 6.13. The minimum atomic E-state index is -0.563. The Morgan fingerprint density at radius 3 is 2.65 bits per heavy atom. The Labute approximate surface area is 156 Å². The van der Waals surface area contributed by atoms with Crippen LogP contribution in [0.3, 0.4) is 0 Å².